The summed E-state index contributed by atoms with van der Waals surface area (Å²) < 4.78 is 2.82. The SMILES string of the molecule is O=c1n(Cc2nc(CCl)cs2)nc2cnccn12. The Labute approximate surface area is 110 Å². The van der Waals surface area contributed by atoms with E-state index in [1.54, 1.807) is 18.6 Å². The fourth-order valence-corrected chi connectivity index (χ4v) is 2.60. The Morgan fingerprint density at radius 2 is 2.33 bits per heavy atom. The molecule has 3 aromatic rings. The molecule has 0 amide bonds. The highest BCUT2D eigenvalue weighted by atomic mass is 35.5. The zero-order valence-corrected chi connectivity index (χ0v) is 10.7. The van der Waals surface area contributed by atoms with Gasteiger partial charge in [-0.25, -0.2) is 18.9 Å². The fourth-order valence-electron chi connectivity index (χ4n) is 1.59. The van der Waals surface area contributed by atoms with Crippen molar-refractivity contribution in [2.75, 3.05) is 0 Å². The Balaban J connectivity index is 1.99. The molecular weight excluding hydrogens is 274 g/mol. The predicted molar refractivity (Wildman–Crippen MR) is 68.0 cm³/mol. The molecule has 0 unspecified atom stereocenters. The van der Waals surface area contributed by atoms with Gasteiger partial charge in [0.05, 0.1) is 24.3 Å². The second kappa shape index (κ2) is 4.51. The van der Waals surface area contributed by atoms with Crippen LogP contribution in [0.25, 0.3) is 5.65 Å². The van der Waals surface area contributed by atoms with Crippen molar-refractivity contribution in [3.63, 3.8) is 0 Å². The van der Waals surface area contributed by atoms with Gasteiger partial charge < -0.3 is 0 Å². The first kappa shape index (κ1) is 11.4. The lowest BCUT2D eigenvalue weighted by Crippen LogP contribution is -2.21. The highest BCUT2D eigenvalue weighted by Crippen LogP contribution is 2.12. The topological polar surface area (TPSA) is 65.1 Å². The molecule has 0 aliphatic rings. The lowest BCUT2D eigenvalue weighted by Gasteiger charge is -1.93. The van der Waals surface area contributed by atoms with Gasteiger partial charge in [0.15, 0.2) is 5.65 Å². The van der Waals surface area contributed by atoms with Crippen LogP contribution >= 0.6 is 22.9 Å². The molecule has 0 aromatic carbocycles. The molecule has 0 spiro atoms. The van der Waals surface area contributed by atoms with Gasteiger partial charge in [0, 0.05) is 17.8 Å². The summed E-state index contributed by atoms with van der Waals surface area (Å²) in [7, 11) is 0. The first-order valence-electron chi connectivity index (χ1n) is 5.16. The van der Waals surface area contributed by atoms with Crippen molar-refractivity contribution >= 4 is 28.6 Å². The molecule has 92 valence electrons. The molecule has 0 N–H and O–H groups in total. The van der Waals surface area contributed by atoms with Crippen LogP contribution < -0.4 is 5.69 Å². The summed E-state index contributed by atoms with van der Waals surface area (Å²) in [5, 5.41) is 6.87. The minimum atomic E-state index is -0.199. The number of aromatic nitrogens is 5. The largest absolute Gasteiger partial charge is 0.350 e. The summed E-state index contributed by atoms with van der Waals surface area (Å²) in [5.74, 6) is 0.375. The first-order chi connectivity index (χ1) is 8.78. The fraction of sp³-hybridized carbons (Fsp3) is 0.200. The molecule has 3 heterocycles. The van der Waals surface area contributed by atoms with E-state index in [1.807, 2.05) is 5.38 Å². The molecule has 0 saturated carbocycles. The molecule has 0 aliphatic carbocycles. The smallest absolute Gasteiger partial charge is 0.259 e. The Bertz CT molecular complexity index is 746. The number of thiazole rings is 1. The average Bonchev–Trinajstić information content (AvgIpc) is 2.97. The third kappa shape index (κ3) is 1.91. The van der Waals surface area contributed by atoms with E-state index in [9.17, 15) is 4.79 Å². The molecule has 0 bridgehead atoms. The highest BCUT2D eigenvalue weighted by molar-refractivity contribution is 7.09. The van der Waals surface area contributed by atoms with E-state index in [0.29, 0.717) is 18.1 Å². The zero-order valence-electron chi connectivity index (χ0n) is 9.15. The summed E-state index contributed by atoms with van der Waals surface area (Å²) in [4.78, 5) is 20.2. The molecule has 0 radical (unpaired) electrons. The standard InChI is InChI=1S/C10H8ClN5OS/c11-3-7-6-18-9(13-7)5-16-10(17)15-2-1-12-4-8(15)14-16/h1-2,4,6H,3,5H2. The van der Waals surface area contributed by atoms with E-state index in [-0.39, 0.29) is 5.69 Å². The second-order valence-corrected chi connectivity index (χ2v) is 4.82. The van der Waals surface area contributed by atoms with Crippen LogP contribution in [0.3, 0.4) is 0 Å². The third-order valence-electron chi connectivity index (χ3n) is 2.41. The molecule has 3 aromatic heterocycles. The maximum absolute atomic E-state index is 12.0. The van der Waals surface area contributed by atoms with Gasteiger partial charge in [0.2, 0.25) is 0 Å². The van der Waals surface area contributed by atoms with Crippen molar-refractivity contribution in [3.8, 4) is 0 Å². The number of hydrogen-bond donors (Lipinski definition) is 0. The Hall–Kier alpha value is -1.73. The van der Waals surface area contributed by atoms with Crippen molar-refractivity contribution in [1.82, 2.24) is 24.1 Å². The second-order valence-electron chi connectivity index (χ2n) is 3.61. The highest BCUT2D eigenvalue weighted by Gasteiger charge is 2.09. The van der Waals surface area contributed by atoms with Crippen molar-refractivity contribution in [1.29, 1.82) is 0 Å². The van der Waals surface area contributed by atoms with E-state index in [1.165, 1.54) is 20.4 Å². The number of nitrogens with zero attached hydrogens (tertiary/aromatic N) is 5. The van der Waals surface area contributed by atoms with Crippen LogP contribution in [0.2, 0.25) is 0 Å². The minimum Gasteiger partial charge on any atom is -0.259 e. The van der Waals surface area contributed by atoms with Crippen LogP contribution in [0.1, 0.15) is 10.7 Å². The lowest BCUT2D eigenvalue weighted by molar-refractivity contribution is 0.654. The maximum atomic E-state index is 12.0. The van der Waals surface area contributed by atoms with Crippen LogP contribution in [-0.2, 0) is 12.4 Å². The Morgan fingerprint density at radius 1 is 1.44 bits per heavy atom. The molecular formula is C10H8ClN5OS. The van der Waals surface area contributed by atoms with Crippen LogP contribution in [-0.4, -0.2) is 24.1 Å². The average molecular weight is 282 g/mol. The van der Waals surface area contributed by atoms with Gasteiger partial charge in [0.1, 0.15) is 5.01 Å². The molecule has 3 rings (SSSR count). The summed E-state index contributed by atoms with van der Waals surface area (Å²) in [6, 6.07) is 0. The Kier molecular flexibility index (Phi) is 2.85. The molecule has 0 atom stereocenters. The first-order valence-corrected chi connectivity index (χ1v) is 6.58. The molecule has 0 aliphatic heterocycles. The van der Waals surface area contributed by atoms with Crippen molar-refractivity contribution in [3.05, 3.63) is 45.2 Å². The van der Waals surface area contributed by atoms with Crippen molar-refractivity contribution in [2.45, 2.75) is 12.4 Å². The van der Waals surface area contributed by atoms with Crippen LogP contribution in [0.5, 0.6) is 0 Å². The summed E-state index contributed by atoms with van der Waals surface area (Å²) in [5.41, 5.74) is 1.14. The summed E-state index contributed by atoms with van der Waals surface area (Å²) in [6.45, 7) is 0.349. The zero-order chi connectivity index (χ0) is 12.5. The summed E-state index contributed by atoms with van der Waals surface area (Å²) >= 11 is 7.15. The van der Waals surface area contributed by atoms with Crippen LogP contribution in [0.15, 0.2) is 28.8 Å². The molecule has 6 nitrogen and oxygen atoms in total. The monoisotopic (exact) mass is 281 g/mol. The number of halogens is 1. The van der Waals surface area contributed by atoms with E-state index in [2.05, 4.69) is 15.1 Å². The molecule has 0 fully saturated rings. The van der Waals surface area contributed by atoms with E-state index >= 15 is 0 Å². The minimum absolute atomic E-state index is 0.199. The van der Waals surface area contributed by atoms with Gasteiger partial charge in [-0.15, -0.1) is 28.0 Å². The number of hydrogen-bond acceptors (Lipinski definition) is 5. The van der Waals surface area contributed by atoms with Crippen molar-refractivity contribution < 1.29 is 0 Å². The van der Waals surface area contributed by atoms with Gasteiger partial charge in [0.25, 0.3) is 0 Å². The normalized spacial score (nSPS) is 11.2. The van der Waals surface area contributed by atoms with E-state index < -0.39 is 0 Å². The Morgan fingerprint density at radius 3 is 3.06 bits per heavy atom. The van der Waals surface area contributed by atoms with E-state index in [4.69, 9.17) is 11.6 Å². The van der Waals surface area contributed by atoms with Crippen LogP contribution in [0, 0.1) is 0 Å². The van der Waals surface area contributed by atoms with Gasteiger partial charge in [-0.05, 0) is 0 Å². The molecule has 18 heavy (non-hydrogen) atoms. The number of alkyl halides is 1. The molecule has 0 saturated heterocycles. The number of fused-ring (bicyclic) bond motifs is 1. The van der Waals surface area contributed by atoms with Crippen LogP contribution in [0.4, 0.5) is 0 Å². The van der Waals surface area contributed by atoms with Crippen molar-refractivity contribution in [2.24, 2.45) is 0 Å². The maximum Gasteiger partial charge on any atom is 0.350 e. The quantitative estimate of drug-likeness (QED) is 0.675. The molecule has 8 heteroatoms. The van der Waals surface area contributed by atoms with Gasteiger partial charge in [-0.1, -0.05) is 0 Å². The van der Waals surface area contributed by atoms with Gasteiger partial charge in [-0.2, -0.15) is 0 Å². The van der Waals surface area contributed by atoms with Gasteiger partial charge >= 0.3 is 5.69 Å². The van der Waals surface area contributed by atoms with Gasteiger partial charge in [-0.3, -0.25) is 4.98 Å². The number of rotatable bonds is 3. The summed E-state index contributed by atoms with van der Waals surface area (Å²) in [6.07, 6.45) is 4.69. The third-order valence-corrected chi connectivity index (χ3v) is 3.57. The van der Waals surface area contributed by atoms with E-state index in [0.717, 1.165) is 10.7 Å². The predicted octanol–water partition coefficient (Wildman–Crippen LogP) is 1.13. The lowest BCUT2D eigenvalue weighted by atomic mass is 10.6.